The molecule has 8 nitrogen and oxygen atoms in total. The number of pyridine rings is 1. The lowest BCUT2D eigenvalue weighted by Gasteiger charge is -2.44. The van der Waals surface area contributed by atoms with E-state index in [2.05, 4.69) is 11.6 Å². The summed E-state index contributed by atoms with van der Waals surface area (Å²) in [7, 11) is 0. The molecule has 2 aliphatic rings. The van der Waals surface area contributed by atoms with Crippen molar-refractivity contribution in [3.05, 3.63) is 101 Å². The standard InChI is InChI=1S/C28H28N4O4/c1-2-13-30-18-26(34)32-24(15-19-8-10-22(33)11-9-19)28(36)31(17-25(30)32)16-20-5-3-6-21(14-20)23-7-4-12-29-27(23)35/h2-12,14,24-25,33H,1,13,15-18H2,(H,29,35)/t24-,25+/m0/s1. The Bertz CT molecular complexity index is 1350. The van der Waals surface area contributed by atoms with E-state index < -0.39 is 6.04 Å². The summed E-state index contributed by atoms with van der Waals surface area (Å²) in [5.74, 6) is -0.0280. The van der Waals surface area contributed by atoms with Crippen LogP contribution >= 0.6 is 0 Å². The molecule has 3 aromatic rings. The molecule has 0 bridgehead atoms. The Balaban J connectivity index is 1.45. The third-order valence-corrected chi connectivity index (χ3v) is 6.84. The summed E-state index contributed by atoms with van der Waals surface area (Å²) in [4.78, 5) is 47.3. The monoisotopic (exact) mass is 484 g/mol. The summed E-state index contributed by atoms with van der Waals surface area (Å²) in [5, 5.41) is 9.65. The minimum absolute atomic E-state index is 0.0658. The van der Waals surface area contributed by atoms with Gasteiger partial charge >= 0.3 is 0 Å². The summed E-state index contributed by atoms with van der Waals surface area (Å²) in [6.45, 7) is 5.37. The molecule has 0 saturated carbocycles. The highest BCUT2D eigenvalue weighted by molar-refractivity contribution is 5.91. The number of aromatic amines is 1. The third-order valence-electron chi connectivity index (χ3n) is 6.84. The number of piperazine rings is 1. The number of H-pyrrole nitrogens is 1. The fourth-order valence-electron chi connectivity index (χ4n) is 5.15. The Hall–Kier alpha value is -4.17. The molecule has 184 valence electrons. The topological polar surface area (TPSA) is 97.0 Å². The molecular formula is C28H28N4O4. The van der Waals surface area contributed by atoms with Crippen molar-refractivity contribution in [3.8, 4) is 16.9 Å². The SMILES string of the molecule is C=CCN1CC(=O)N2[C@@H]1CN(Cc1cccc(-c3ccc[nH]c3=O)c1)C(=O)[C@@H]2Cc1ccc(O)cc1. The number of nitrogens with zero attached hydrogens (tertiary/aromatic N) is 3. The molecule has 2 fully saturated rings. The van der Waals surface area contributed by atoms with Crippen LogP contribution in [0.3, 0.4) is 0 Å². The number of phenolic OH excluding ortho intramolecular Hbond substituents is 1. The van der Waals surface area contributed by atoms with Gasteiger partial charge in [0.05, 0.1) is 13.1 Å². The van der Waals surface area contributed by atoms with Crippen LogP contribution in [0.2, 0.25) is 0 Å². The Morgan fingerprint density at radius 3 is 2.58 bits per heavy atom. The number of benzene rings is 2. The molecule has 1 aromatic heterocycles. The third kappa shape index (κ3) is 4.55. The van der Waals surface area contributed by atoms with Crippen LogP contribution in [0.1, 0.15) is 11.1 Å². The number of hydrogen-bond acceptors (Lipinski definition) is 5. The molecule has 2 aromatic carbocycles. The molecule has 36 heavy (non-hydrogen) atoms. The van der Waals surface area contributed by atoms with E-state index >= 15 is 0 Å². The van der Waals surface area contributed by atoms with E-state index in [1.54, 1.807) is 58.5 Å². The van der Waals surface area contributed by atoms with Crippen LogP contribution in [0.25, 0.3) is 11.1 Å². The van der Waals surface area contributed by atoms with E-state index in [1.165, 1.54) is 0 Å². The molecule has 8 heteroatoms. The first kappa shape index (κ1) is 23.6. The van der Waals surface area contributed by atoms with Crippen LogP contribution < -0.4 is 5.56 Å². The number of aromatic hydroxyl groups is 1. The van der Waals surface area contributed by atoms with Crippen molar-refractivity contribution in [3.63, 3.8) is 0 Å². The molecule has 0 aliphatic carbocycles. The molecule has 3 heterocycles. The predicted molar refractivity (Wildman–Crippen MR) is 136 cm³/mol. The van der Waals surface area contributed by atoms with E-state index in [-0.39, 0.29) is 35.8 Å². The zero-order valence-electron chi connectivity index (χ0n) is 19.8. The fraction of sp³-hybridized carbons (Fsp3) is 0.250. The van der Waals surface area contributed by atoms with Gasteiger partial charge in [-0.2, -0.15) is 0 Å². The van der Waals surface area contributed by atoms with Crippen LogP contribution in [0.4, 0.5) is 0 Å². The first-order valence-electron chi connectivity index (χ1n) is 11.9. The Morgan fingerprint density at radius 2 is 1.83 bits per heavy atom. The van der Waals surface area contributed by atoms with Gasteiger partial charge in [0, 0.05) is 31.3 Å². The lowest BCUT2D eigenvalue weighted by molar-refractivity contribution is -0.154. The molecule has 0 unspecified atom stereocenters. The maximum Gasteiger partial charge on any atom is 0.255 e. The molecule has 0 spiro atoms. The molecule has 2 aliphatic heterocycles. The molecule has 5 rings (SSSR count). The van der Waals surface area contributed by atoms with Crippen molar-refractivity contribution in [1.82, 2.24) is 19.7 Å². The number of nitrogens with one attached hydrogen (secondary N) is 1. The second kappa shape index (κ2) is 9.83. The van der Waals surface area contributed by atoms with Crippen molar-refractivity contribution >= 4 is 11.8 Å². The van der Waals surface area contributed by atoms with E-state index in [4.69, 9.17) is 0 Å². The van der Waals surface area contributed by atoms with E-state index in [0.29, 0.717) is 31.6 Å². The summed E-state index contributed by atoms with van der Waals surface area (Å²) in [6.07, 6.45) is 3.49. The number of hydrogen-bond donors (Lipinski definition) is 2. The van der Waals surface area contributed by atoms with E-state index in [9.17, 15) is 19.5 Å². The van der Waals surface area contributed by atoms with Gasteiger partial charge in [0.15, 0.2) is 0 Å². The van der Waals surface area contributed by atoms with Crippen LogP contribution in [-0.2, 0) is 22.6 Å². The van der Waals surface area contributed by atoms with E-state index in [0.717, 1.165) is 16.7 Å². The number of aromatic nitrogens is 1. The highest BCUT2D eigenvalue weighted by Crippen LogP contribution is 2.29. The highest BCUT2D eigenvalue weighted by atomic mass is 16.3. The molecule has 2 N–H and O–H groups in total. The van der Waals surface area contributed by atoms with Gasteiger partial charge < -0.3 is 19.9 Å². The maximum absolute atomic E-state index is 13.8. The number of amides is 2. The zero-order chi connectivity index (χ0) is 25.2. The van der Waals surface area contributed by atoms with Crippen LogP contribution in [-0.4, -0.2) is 68.4 Å². The lowest BCUT2D eigenvalue weighted by atomic mass is 9.99. The van der Waals surface area contributed by atoms with Gasteiger partial charge in [-0.3, -0.25) is 19.3 Å². The summed E-state index contributed by atoms with van der Waals surface area (Å²) in [5.41, 5.74) is 2.95. The van der Waals surface area contributed by atoms with Gasteiger partial charge in [0.25, 0.3) is 5.56 Å². The largest absolute Gasteiger partial charge is 0.508 e. The minimum Gasteiger partial charge on any atom is -0.508 e. The smallest absolute Gasteiger partial charge is 0.255 e. The fourth-order valence-corrected chi connectivity index (χ4v) is 5.15. The number of carbonyl (C=O) groups excluding carboxylic acids is 2. The second-order valence-electron chi connectivity index (χ2n) is 9.22. The Kier molecular flexibility index (Phi) is 6.43. The summed E-state index contributed by atoms with van der Waals surface area (Å²) < 4.78 is 0. The normalized spacial score (nSPS) is 20.0. The van der Waals surface area contributed by atoms with Crippen molar-refractivity contribution in [2.45, 2.75) is 25.2 Å². The number of carbonyl (C=O) groups is 2. The summed E-state index contributed by atoms with van der Waals surface area (Å²) >= 11 is 0. The second-order valence-corrected chi connectivity index (χ2v) is 9.22. The minimum atomic E-state index is -0.643. The summed E-state index contributed by atoms with van der Waals surface area (Å²) in [6, 6.07) is 17.3. The average molecular weight is 485 g/mol. The van der Waals surface area contributed by atoms with Gasteiger partial charge in [-0.1, -0.05) is 36.4 Å². The molecular weight excluding hydrogens is 456 g/mol. The Morgan fingerprint density at radius 1 is 1.03 bits per heavy atom. The lowest BCUT2D eigenvalue weighted by Crippen LogP contribution is -2.63. The molecule has 2 amide bonds. The van der Waals surface area contributed by atoms with Crippen molar-refractivity contribution in [2.24, 2.45) is 0 Å². The van der Waals surface area contributed by atoms with Crippen molar-refractivity contribution in [2.75, 3.05) is 19.6 Å². The van der Waals surface area contributed by atoms with Gasteiger partial charge in [0.1, 0.15) is 18.0 Å². The first-order chi connectivity index (χ1) is 17.4. The van der Waals surface area contributed by atoms with Crippen LogP contribution in [0, 0.1) is 0 Å². The molecule has 2 saturated heterocycles. The van der Waals surface area contributed by atoms with Crippen LogP contribution in [0.5, 0.6) is 5.75 Å². The predicted octanol–water partition coefficient (Wildman–Crippen LogP) is 2.36. The number of phenols is 1. The van der Waals surface area contributed by atoms with Crippen molar-refractivity contribution < 1.29 is 14.7 Å². The maximum atomic E-state index is 13.8. The number of rotatable bonds is 7. The average Bonchev–Trinajstić information content (AvgIpc) is 3.18. The highest BCUT2D eigenvalue weighted by Gasteiger charge is 2.49. The van der Waals surface area contributed by atoms with Gasteiger partial charge in [0.2, 0.25) is 11.8 Å². The van der Waals surface area contributed by atoms with Crippen molar-refractivity contribution in [1.29, 1.82) is 0 Å². The molecule has 0 radical (unpaired) electrons. The zero-order valence-corrected chi connectivity index (χ0v) is 19.8. The first-order valence-corrected chi connectivity index (χ1v) is 11.9. The number of fused-ring (bicyclic) bond motifs is 1. The van der Waals surface area contributed by atoms with Crippen LogP contribution in [0.15, 0.2) is 84.3 Å². The van der Waals surface area contributed by atoms with Gasteiger partial charge in [-0.05, 0) is 47.0 Å². The quantitative estimate of drug-likeness (QED) is 0.502. The van der Waals surface area contributed by atoms with Gasteiger partial charge in [-0.25, -0.2) is 0 Å². The molecule has 2 atom stereocenters. The Labute approximate surface area is 209 Å². The van der Waals surface area contributed by atoms with Gasteiger partial charge in [-0.15, -0.1) is 6.58 Å². The van der Waals surface area contributed by atoms with E-state index in [1.807, 2.05) is 29.2 Å².